The van der Waals surface area contributed by atoms with Crippen LogP contribution in [0.25, 0.3) is 6.08 Å². The van der Waals surface area contributed by atoms with E-state index >= 15 is 0 Å². The smallest absolute Gasteiger partial charge is 0.345 e. The molecule has 0 spiro atoms. The molecule has 0 aromatic heterocycles. The standard InChI is InChI=1S/C19H22O7/c1-4-17(20)26-12-11-25-15-9-7-14(8-10-15)13-16(18(21)23-5-2)19(22)24-6-3/h4,7-10,13H,1,5-6,11-12H2,2-3H3. The van der Waals surface area contributed by atoms with Gasteiger partial charge in [0.05, 0.1) is 13.2 Å². The second kappa shape index (κ2) is 11.5. The van der Waals surface area contributed by atoms with Crippen molar-refractivity contribution in [1.29, 1.82) is 0 Å². The maximum absolute atomic E-state index is 11.9. The van der Waals surface area contributed by atoms with Crippen molar-refractivity contribution in [3.8, 4) is 5.75 Å². The summed E-state index contributed by atoms with van der Waals surface area (Å²) in [6.45, 7) is 7.18. The van der Waals surface area contributed by atoms with Crippen LogP contribution in [-0.4, -0.2) is 44.3 Å². The Labute approximate surface area is 152 Å². The second-order valence-corrected chi connectivity index (χ2v) is 4.79. The molecule has 0 saturated carbocycles. The quantitative estimate of drug-likeness (QED) is 0.158. The molecule has 0 atom stereocenters. The van der Waals surface area contributed by atoms with Crippen molar-refractivity contribution in [3.05, 3.63) is 48.1 Å². The molecular formula is C19H22O7. The molecule has 0 aliphatic carbocycles. The summed E-state index contributed by atoms with van der Waals surface area (Å²) >= 11 is 0. The van der Waals surface area contributed by atoms with E-state index in [0.29, 0.717) is 11.3 Å². The first-order chi connectivity index (χ1) is 12.5. The van der Waals surface area contributed by atoms with Crippen molar-refractivity contribution >= 4 is 24.0 Å². The Morgan fingerprint density at radius 2 is 1.50 bits per heavy atom. The summed E-state index contributed by atoms with van der Waals surface area (Å²) in [6, 6.07) is 6.66. The van der Waals surface area contributed by atoms with Gasteiger partial charge in [-0.1, -0.05) is 18.7 Å². The molecule has 7 nitrogen and oxygen atoms in total. The molecule has 0 bridgehead atoms. The van der Waals surface area contributed by atoms with Crippen LogP contribution in [0.5, 0.6) is 5.75 Å². The molecule has 0 amide bonds. The van der Waals surface area contributed by atoms with Crippen LogP contribution in [0.3, 0.4) is 0 Å². The summed E-state index contributed by atoms with van der Waals surface area (Å²) in [6.07, 6.45) is 2.47. The van der Waals surface area contributed by atoms with E-state index in [-0.39, 0.29) is 32.0 Å². The van der Waals surface area contributed by atoms with Gasteiger partial charge in [0.25, 0.3) is 0 Å². The maximum atomic E-state index is 11.9. The fraction of sp³-hybridized carbons (Fsp3) is 0.316. The first-order valence-corrected chi connectivity index (χ1v) is 8.09. The Balaban J connectivity index is 2.75. The largest absolute Gasteiger partial charge is 0.490 e. The Kier molecular flexibility index (Phi) is 9.24. The molecule has 1 aromatic carbocycles. The van der Waals surface area contributed by atoms with Crippen LogP contribution < -0.4 is 4.74 Å². The minimum Gasteiger partial charge on any atom is -0.490 e. The van der Waals surface area contributed by atoms with Gasteiger partial charge in [0, 0.05) is 6.08 Å². The topological polar surface area (TPSA) is 88.1 Å². The molecule has 0 heterocycles. The second-order valence-electron chi connectivity index (χ2n) is 4.79. The normalized spacial score (nSPS) is 9.62. The van der Waals surface area contributed by atoms with Crippen molar-refractivity contribution in [2.75, 3.05) is 26.4 Å². The highest BCUT2D eigenvalue weighted by Crippen LogP contribution is 2.16. The van der Waals surface area contributed by atoms with Crippen LogP contribution in [0.1, 0.15) is 19.4 Å². The average molecular weight is 362 g/mol. The van der Waals surface area contributed by atoms with Gasteiger partial charge < -0.3 is 18.9 Å². The number of ether oxygens (including phenoxy) is 4. The Morgan fingerprint density at radius 3 is 2.00 bits per heavy atom. The van der Waals surface area contributed by atoms with E-state index < -0.39 is 17.9 Å². The van der Waals surface area contributed by atoms with Crippen LogP contribution >= 0.6 is 0 Å². The van der Waals surface area contributed by atoms with Crippen molar-refractivity contribution in [2.24, 2.45) is 0 Å². The monoisotopic (exact) mass is 362 g/mol. The van der Waals surface area contributed by atoms with E-state index in [1.165, 1.54) is 6.08 Å². The lowest BCUT2D eigenvalue weighted by Gasteiger charge is -2.08. The third-order valence-corrected chi connectivity index (χ3v) is 2.94. The Hall–Kier alpha value is -3.09. The molecule has 26 heavy (non-hydrogen) atoms. The van der Waals surface area contributed by atoms with Gasteiger partial charge in [0.15, 0.2) is 0 Å². The van der Waals surface area contributed by atoms with Gasteiger partial charge >= 0.3 is 17.9 Å². The summed E-state index contributed by atoms with van der Waals surface area (Å²) in [5, 5.41) is 0. The molecule has 0 aliphatic heterocycles. The molecule has 7 heteroatoms. The van der Waals surface area contributed by atoms with E-state index in [1.54, 1.807) is 38.1 Å². The lowest BCUT2D eigenvalue weighted by atomic mass is 10.1. The highest BCUT2D eigenvalue weighted by atomic mass is 16.6. The minimum atomic E-state index is -0.740. The fourth-order valence-electron chi connectivity index (χ4n) is 1.81. The first-order valence-electron chi connectivity index (χ1n) is 8.09. The van der Waals surface area contributed by atoms with Crippen LogP contribution in [-0.2, 0) is 28.6 Å². The molecule has 0 saturated heterocycles. The highest BCUT2D eigenvalue weighted by Gasteiger charge is 2.20. The molecule has 0 fully saturated rings. The number of rotatable bonds is 10. The van der Waals surface area contributed by atoms with E-state index in [0.717, 1.165) is 6.08 Å². The number of carbonyl (C=O) groups excluding carboxylic acids is 3. The predicted molar refractivity (Wildman–Crippen MR) is 94.3 cm³/mol. The Morgan fingerprint density at radius 1 is 0.923 bits per heavy atom. The lowest BCUT2D eigenvalue weighted by molar-refractivity contribution is -0.146. The third-order valence-electron chi connectivity index (χ3n) is 2.94. The van der Waals surface area contributed by atoms with Crippen molar-refractivity contribution in [1.82, 2.24) is 0 Å². The van der Waals surface area contributed by atoms with Crippen molar-refractivity contribution in [2.45, 2.75) is 13.8 Å². The zero-order valence-corrected chi connectivity index (χ0v) is 14.9. The summed E-state index contributed by atoms with van der Waals surface area (Å²) in [5.74, 6) is -1.45. The van der Waals surface area contributed by atoms with Gasteiger partial charge in [-0.25, -0.2) is 14.4 Å². The number of benzene rings is 1. The van der Waals surface area contributed by atoms with Crippen molar-refractivity contribution < 1.29 is 33.3 Å². The number of esters is 3. The van der Waals surface area contributed by atoms with E-state index in [2.05, 4.69) is 6.58 Å². The molecule has 0 radical (unpaired) electrons. The molecule has 1 rings (SSSR count). The van der Waals surface area contributed by atoms with Gasteiger partial charge in [-0.05, 0) is 37.6 Å². The van der Waals surface area contributed by atoms with Crippen LogP contribution in [0.15, 0.2) is 42.5 Å². The van der Waals surface area contributed by atoms with E-state index in [4.69, 9.17) is 18.9 Å². The predicted octanol–water partition coefficient (Wildman–Crippen LogP) is 2.30. The van der Waals surface area contributed by atoms with Crippen LogP contribution in [0.4, 0.5) is 0 Å². The van der Waals surface area contributed by atoms with E-state index in [9.17, 15) is 14.4 Å². The number of carbonyl (C=O) groups is 3. The molecule has 0 unspecified atom stereocenters. The summed E-state index contributed by atoms with van der Waals surface area (Å²) in [7, 11) is 0. The van der Waals surface area contributed by atoms with Gasteiger partial charge in [0.1, 0.15) is 24.5 Å². The van der Waals surface area contributed by atoms with Gasteiger partial charge in [0.2, 0.25) is 0 Å². The summed E-state index contributed by atoms with van der Waals surface area (Å²) in [5.41, 5.74) is 0.422. The lowest BCUT2D eigenvalue weighted by Crippen LogP contribution is -2.18. The minimum absolute atomic E-state index is 0.0996. The number of hydrogen-bond donors (Lipinski definition) is 0. The molecule has 140 valence electrons. The molecule has 0 N–H and O–H groups in total. The third kappa shape index (κ3) is 7.21. The summed E-state index contributed by atoms with van der Waals surface area (Å²) in [4.78, 5) is 34.7. The van der Waals surface area contributed by atoms with E-state index in [1.807, 2.05) is 0 Å². The zero-order chi connectivity index (χ0) is 19.4. The van der Waals surface area contributed by atoms with Gasteiger partial charge in [-0.3, -0.25) is 0 Å². The molecular weight excluding hydrogens is 340 g/mol. The van der Waals surface area contributed by atoms with Gasteiger partial charge in [-0.15, -0.1) is 0 Å². The highest BCUT2D eigenvalue weighted by molar-refractivity contribution is 6.17. The Bertz CT molecular complexity index is 639. The number of hydrogen-bond acceptors (Lipinski definition) is 7. The average Bonchev–Trinajstić information content (AvgIpc) is 2.64. The van der Waals surface area contributed by atoms with Crippen LogP contribution in [0.2, 0.25) is 0 Å². The SMILES string of the molecule is C=CC(=O)OCCOc1ccc(C=C(C(=O)OCC)C(=O)OCC)cc1. The maximum Gasteiger partial charge on any atom is 0.345 e. The zero-order valence-electron chi connectivity index (χ0n) is 14.9. The van der Waals surface area contributed by atoms with Crippen LogP contribution in [0, 0.1) is 0 Å². The van der Waals surface area contributed by atoms with Crippen molar-refractivity contribution in [3.63, 3.8) is 0 Å². The van der Waals surface area contributed by atoms with Gasteiger partial charge in [-0.2, -0.15) is 0 Å². The molecule has 1 aromatic rings. The summed E-state index contributed by atoms with van der Waals surface area (Å²) < 4.78 is 20.0. The first kappa shape index (κ1) is 21.0. The molecule has 0 aliphatic rings. The fourth-order valence-corrected chi connectivity index (χ4v) is 1.81.